The maximum atomic E-state index is 12.4. The Hall–Kier alpha value is -1.89. The predicted octanol–water partition coefficient (Wildman–Crippen LogP) is 1.05. The van der Waals surface area contributed by atoms with Gasteiger partial charge in [-0.05, 0) is 25.7 Å². The molecule has 3 rings (SSSR count). The van der Waals surface area contributed by atoms with E-state index < -0.39 is 4.92 Å². The van der Waals surface area contributed by atoms with Crippen LogP contribution < -0.4 is 0 Å². The van der Waals surface area contributed by atoms with E-state index in [0.29, 0.717) is 12.8 Å². The van der Waals surface area contributed by atoms with Crippen LogP contribution in [0.15, 0.2) is 12.3 Å². The average molecular weight is 265 g/mol. The molecule has 2 aliphatic heterocycles. The van der Waals surface area contributed by atoms with Crippen molar-refractivity contribution >= 4 is 11.6 Å². The van der Waals surface area contributed by atoms with Crippen LogP contribution in [0.4, 0.5) is 5.69 Å². The van der Waals surface area contributed by atoms with E-state index in [1.165, 1.54) is 12.3 Å². The standard InChI is InChI=1S/C12H15N3O4/c16-10-3-7-1-2-8(4-10)14(7)12(17)11-5-9(6-13-11)15(18)19/h5-8,10,13,16H,1-4H2. The maximum Gasteiger partial charge on any atom is 0.287 e. The maximum absolute atomic E-state index is 12.4. The number of hydrogen-bond donors (Lipinski definition) is 2. The highest BCUT2D eigenvalue weighted by Crippen LogP contribution is 2.36. The number of hydrogen-bond acceptors (Lipinski definition) is 4. The summed E-state index contributed by atoms with van der Waals surface area (Å²) in [5, 5.41) is 20.3. The topological polar surface area (TPSA) is 99.5 Å². The number of piperidine rings is 1. The first kappa shape index (κ1) is 12.2. The summed E-state index contributed by atoms with van der Waals surface area (Å²) in [7, 11) is 0. The molecular formula is C12H15N3O4. The average Bonchev–Trinajstić information content (AvgIpc) is 2.93. The molecule has 0 radical (unpaired) electrons. The van der Waals surface area contributed by atoms with Crippen molar-refractivity contribution in [1.82, 2.24) is 9.88 Å². The third-order valence-electron chi connectivity index (χ3n) is 4.05. The van der Waals surface area contributed by atoms with E-state index in [0.717, 1.165) is 12.8 Å². The monoisotopic (exact) mass is 265 g/mol. The van der Waals surface area contributed by atoms with Gasteiger partial charge in [0, 0.05) is 18.2 Å². The molecule has 2 N–H and O–H groups in total. The Kier molecular flexibility index (Phi) is 2.78. The lowest BCUT2D eigenvalue weighted by Crippen LogP contribution is -2.48. The molecule has 2 bridgehead atoms. The van der Waals surface area contributed by atoms with Crippen LogP contribution in [0.5, 0.6) is 0 Å². The number of aliphatic hydroxyl groups excluding tert-OH is 1. The molecule has 102 valence electrons. The van der Waals surface area contributed by atoms with Gasteiger partial charge in [-0.25, -0.2) is 0 Å². The van der Waals surface area contributed by atoms with Gasteiger partial charge in [0.15, 0.2) is 0 Å². The van der Waals surface area contributed by atoms with Gasteiger partial charge < -0.3 is 15.0 Å². The van der Waals surface area contributed by atoms with Gasteiger partial charge in [0.2, 0.25) is 0 Å². The van der Waals surface area contributed by atoms with E-state index in [9.17, 15) is 20.0 Å². The lowest BCUT2D eigenvalue weighted by molar-refractivity contribution is -0.384. The molecule has 1 aromatic rings. The quantitative estimate of drug-likeness (QED) is 0.616. The summed E-state index contributed by atoms with van der Waals surface area (Å²) < 4.78 is 0. The third kappa shape index (κ3) is 1.99. The summed E-state index contributed by atoms with van der Waals surface area (Å²) in [4.78, 5) is 26.9. The fraction of sp³-hybridized carbons (Fsp3) is 0.583. The molecule has 2 unspecified atom stereocenters. The minimum absolute atomic E-state index is 0.0589. The summed E-state index contributed by atoms with van der Waals surface area (Å²) in [6.07, 6.45) is 3.90. The summed E-state index contributed by atoms with van der Waals surface area (Å²) >= 11 is 0. The number of aromatic nitrogens is 1. The summed E-state index contributed by atoms with van der Waals surface area (Å²) in [6, 6.07) is 1.39. The fourth-order valence-electron chi connectivity index (χ4n) is 3.23. The zero-order valence-corrected chi connectivity index (χ0v) is 10.3. The van der Waals surface area contributed by atoms with Crippen LogP contribution in [0.25, 0.3) is 0 Å². The Morgan fingerprint density at radius 2 is 2.05 bits per heavy atom. The molecule has 7 heteroatoms. The van der Waals surface area contributed by atoms with Crippen LogP contribution in [0.1, 0.15) is 36.2 Å². The van der Waals surface area contributed by atoms with E-state index in [-0.39, 0.29) is 35.5 Å². The Bertz CT molecular complexity index is 513. The molecule has 0 saturated carbocycles. The lowest BCUT2D eigenvalue weighted by Gasteiger charge is -2.36. The Morgan fingerprint density at radius 3 is 2.58 bits per heavy atom. The van der Waals surface area contributed by atoms with Gasteiger partial charge in [0.25, 0.3) is 11.6 Å². The molecule has 0 aromatic carbocycles. The molecule has 2 aliphatic rings. The van der Waals surface area contributed by atoms with Gasteiger partial charge in [-0.3, -0.25) is 14.9 Å². The minimum Gasteiger partial charge on any atom is -0.393 e. The van der Waals surface area contributed by atoms with E-state index in [1.807, 2.05) is 0 Å². The number of H-pyrrole nitrogens is 1. The summed E-state index contributed by atoms with van der Waals surface area (Å²) in [5.41, 5.74) is 0.146. The van der Waals surface area contributed by atoms with Crippen molar-refractivity contribution in [2.24, 2.45) is 0 Å². The molecule has 1 amide bonds. The number of carbonyl (C=O) groups excluding carboxylic acids is 1. The zero-order chi connectivity index (χ0) is 13.6. The molecule has 2 fully saturated rings. The van der Waals surface area contributed by atoms with Crippen LogP contribution in [0.3, 0.4) is 0 Å². The van der Waals surface area contributed by atoms with Gasteiger partial charge in [-0.1, -0.05) is 0 Å². The normalized spacial score (nSPS) is 29.5. The lowest BCUT2D eigenvalue weighted by atomic mass is 9.99. The predicted molar refractivity (Wildman–Crippen MR) is 65.7 cm³/mol. The number of nitrogens with zero attached hydrogens (tertiary/aromatic N) is 2. The van der Waals surface area contributed by atoms with E-state index in [2.05, 4.69) is 4.98 Å². The third-order valence-corrected chi connectivity index (χ3v) is 4.05. The first-order valence-corrected chi connectivity index (χ1v) is 6.40. The van der Waals surface area contributed by atoms with Crippen molar-refractivity contribution in [3.63, 3.8) is 0 Å². The zero-order valence-electron chi connectivity index (χ0n) is 10.3. The largest absolute Gasteiger partial charge is 0.393 e. The molecule has 2 atom stereocenters. The second kappa shape index (κ2) is 4.34. The number of aliphatic hydroxyl groups is 1. The van der Waals surface area contributed by atoms with Crippen LogP contribution in [0, 0.1) is 10.1 Å². The molecule has 0 spiro atoms. The van der Waals surface area contributed by atoms with Crippen molar-refractivity contribution in [1.29, 1.82) is 0 Å². The van der Waals surface area contributed by atoms with Crippen LogP contribution in [-0.4, -0.2) is 44.0 Å². The van der Waals surface area contributed by atoms with E-state index in [1.54, 1.807) is 4.90 Å². The second-order valence-electron chi connectivity index (χ2n) is 5.25. The molecule has 3 heterocycles. The number of aromatic amines is 1. The number of amides is 1. The highest BCUT2D eigenvalue weighted by atomic mass is 16.6. The molecule has 19 heavy (non-hydrogen) atoms. The number of nitro groups is 1. The summed E-state index contributed by atoms with van der Waals surface area (Å²) in [6.45, 7) is 0. The fourth-order valence-corrected chi connectivity index (χ4v) is 3.23. The SMILES string of the molecule is O=C(c1cc([N+](=O)[O-])c[nH]1)N1C2CCC1CC(O)C2. The molecular weight excluding hydrogens is 250 g/mol. The van der Waals surface area contributed by atoms with Crippen molar-refractivity contribution in [3.05, 3.63) is 28.1 Å². The van der Waals surface area contributed by atoms with Crippen molar-refractivity contribution in [3.8, 4) is 0 Å². The van der Waals surface area contributed by atoms with Gasteiger partial charge in [0.1, 0.15) is 5.69 Å². The van der Waals surface area contributed by atoms with Gasteiger partial charge in [-0.15, -0.1) is 0 Å². The molecule has 1 aromatic heterocycles. The minimum atomic E-state index is -0.526. The summed E-state index contributed by atoms with van der Waals surface area (Å²) in [5.74, 6) is -0.201. The van der Waals surface area contributed by atoms with Gasteiger partial charge in [-0.2, -0.15) is 0 Å². The van der Waals surface area contributed by atoms with Crippen molar-refractivity contribution in [2.75, 3.05) is 0 Å². The van der Waals surface area contributed by atoms with Gasteiger partial charge in [0.05, 0.1) is 17.2 Å². The van der Waals surface area contributed by atoms with Gasteiger partial charge >= 0.3 is 0 Å². The smallest absolute Gasteiger partial charge is 0.287 e. The molecule has 0 aliphatic carbocycles. The highest BCUT2D eigenvalue weighted by Gasteiger charge is 2.43. The van der Waals surface area contributed by atoms with Crippen LogP contribution >= 0.6 is 0 Å². The highest BCUT2D eigenvalue weighted by molar-refractivity contribution is 5.94. The first-order valence-electron chi connectivity index (χ1n) is 6.40. The van der Waals surface area contributed by atoms with E-state index in [4.69, 9.17) is 0 Å². The number of nitrogens with one attached hydrogen (secondary N) is 1. The number of rotatable bonds is 2. The van der Waals surface area contributed by atoms with Crippen molar-refractivity contribution < 1.29 is 14.8 Å². The first-order chi connectivity index (χ1) is 9.06. The molecule has 2 saturated heterocycles. The Balaban J connectivity index is 1.82. The number of carbonyl (C=O) groups is 1. The van der Waals surface area contributed by atoms with Crippen molar-refractivity contribution in [2.45, 2.75) is 43.9 Å². The van der Waals surface area contributed by atoms with Crippen LogP contribution in [-0.2, 0) is 0 Å². The molecule has 7 nitrogen and oxygen atoms in total. The Morgan fingerprint density at radius 1 is 1.42 bits per heavy atom. The van der Waals surface area contributed by atoms with E-state index >= 15 is 0 Å². The Labute approximate surface area is 109 Å². The second-order valence-corrected chi connectivity index (χ2v) is 5.25. The van der Waals surface area contributed by atoms with Crippen LogP contribution in [0.2, 0.25) is 0 Å². The number of fused-ring (bicyclic) bond motifs is 2.